The first-order chi connectivity index (χ1) is 27.4. The topological polar surface area (TPSA) is 219 Å². The minimum atomic E-state index is -1.12. The Morgan fingerprint density at radius 1 is 0.912 bits per heavy atom. The molecule has 13 nitrogen and oxygen atoms in total. The highest BCUT2D eigenvalue weighted by molar-refractivity contribution is 5.87. The molecule has 322 valence electrons. The first kappa shape index (κ1) is 42.2. The minimum absolute atomic E-state index is 0.00533. The van der Waals surface area contributed by atoms with Crippen LogP contribution in [0.5, 0.6) is 0 Å². The normalized spacial score (nSPS) is 51.6. The zero-order chi connectivity index (χ0) is 40.3. The molecule has 57 heavy (non-hydrogen) atoms. The molecule has 0 aromatic rings. The predicted octanol–water partition coefficient (Wildman–Crippen LogP) is 1.97. The van der Waals surface area contributed by atoms with Crippen LogP contribution in [0.25, 0.3) is 0 Å². The molecule has 5 aliphatic heterocycles. The summed E-state index contributed by atoms with van der Waals surface area (Å²) in [7, 11) is 0. The average Bonchev–Trinajstić information content (AvgIpc) is 3.24. The number of hydrogen-bond donors (Lipinski definition) is 8. The number of nitrogens with one attached hydrogen (secondary N) is 2. The fourth-order valence-corrected chi connectivity index (χ4v) is 14.3. The van der Waals surface area contributed by atoms with Gasteiger partial charge in [-0.3, -0.25) is 4.79 Å². The third-order valence-electron chi connectivity index (χ3n) is 17.2. The Bertz CT molecular complexity index is 1480. The number of fused-ring (bicyclic) bond motifs is 5. The Kier molecular flexibility index (Phi) is 12.6. The molecule has 0 spiro atoms. The molecule has 8 aliphatic rings. The monoisotopic (exact) mass is 801 g/mol. The Labute approximate surface area is 338 Å². The largest absolute Gasteiger partial charge is 0.456 e. The summed E-state index contributed by atoms with van der Waals surface area (Å²) in [5.74, 6) is -1.94. The third-order valence-corrected chi connectivity index (χ3v) is 17.2. The van der Waals surface area contributed by atoms with E-state index in [-0.39, 0.29) is 79.2 Å². The first-order valence-corrected chi connectivity index (χ1v) is 22.6. The lowest BCUT2D eigenvalue weighted by Crippen LogP contribution is -2.72. The van der Waals surface area contributed by atoms with E-state index in [0.29, 0.717) is 30.3 Å². The molecule has 0 amide bonds. The molecular formula is C44H72N4O9. The number of aliphatic hydroxyl groups excluding tert-OH is 4. The maximum atomic E-state index is 14.3. The van der Waals surface area contributed by atoms with Crippen LogP contribution in [-0.4, -0.2) is 113 Å². The van der Waals surface area contributed by atoms with E-state index in [0.717, 1.165) is 70.9 Å². The SMILES string of the molecule is CC=C(C)C(=O)OC1CC2C(O)C3C(=O)CC(CO)OC3C3C2OC1(C)C(CC1CCC(N)NC1)CC1CCC2CCC(O)CC2C(CO)C3C2CCNC(N)C12. The second kappa shape index (κ2) is 17.1. The molecule has 8 rings (SSSR count). The predicted molar refractivity (Wildman–Crippen MR) is 212 cm³/mol. The van der Waals surface area contributed by atoms with Crippen molar-refractivity contribution >= 4 is 11.8 Å². The van der Waals surface area contributed by atoms with Gasteiger partial charge in [-0.2, -0.15) is 0 Å². The van der Waals surface area contributed by atoms with Crippen molar-refractivity contribution in [3.8, 4) is 0 Å². The van der Waals surface area contributed by atoms with Gasteiger partial charge in [0.05, 0.1) is 55.4 Å². The average molecular weight is 801 g/mol. The van der Waals surface area contributed by atoms with Crippen molar-refractivity contribution in [3.63, 3.8) is 0 Å². The third kappa shape index (κ3) is 7.71. The van der Waals surface area contributed by atoms with Gasteiger partial charge in [-0.05, 0) is 158 Å². The number of nitrogens with two attached hydrogens (primary N) is 2. The molecule has 0 radical (unpaired) electrons. The van der Waals surface area contributed by atoms with E-state index >= 15 is 0 Å². The molecule has 3 saturated carbocycles. The van der Waals surface area contributed by atoms with Crippen molar-refractivity contribution < 1.29 is 44.2 Å². The number of carbonyl (C=O) groups is 2. The second-order valence-electron chi connectivity index (χ2n) is 20.0. The van der Waals surface area contributed by atoms with Crippen molar-refractivity contribution in [3.05, 3.63) is 11.6 Å². The van der Waals surface area contributed by atoms with Crippen molar-refractivity contribution in [1.82, 2.24) is 10.6 Å². The van der Waals surface area contributed by atoms with Gasteiger partial charge in [-0.1, -0.05) is 6.08 Å². The highest BCUT2D eigenvalue weighted by Gasteiger charge is 2.67. The molecule has 21 atom stereocenters. The van der Waals surface area contributed by atoms with Gasteiger partial charge in [0, 0.05) is 30.4 Å². The zero-order valence-electron chi connectivity index (χ0n) is 34.4. The van der Waals surface area contributed by atoms with Crippen molar-refractivity contribution in [2.24, 2.45) is 82.5 Å². The number of esters is 1. The van der Waals surface area contributed by atoms with Crippen LogP contribution >= 0.6 is 0 Å². The summed E-state index contributed by atoms with van der Waals surface area (Å²) >= 11 is 0. The summed E-state index contributed by atoms with van der Waals surface area (Å²) in [5.41, 5.74) is 13.1. The standard InChI is InChI=1S/C44H72N4O9/c1-4-21(2)43(54)56-33-17-30-39(53)37-32(52)16-27(19-49)55-41(37)38-36-28-11-12-47-42(46)35(28)24(7-6-23-8-9-26(51)15-29(23)31(36)20-50)14-25(44(33,3)57-40(30)38)13-22-5-10-34(45)48-18-22/h4,22-31,33-42,47-51,53H,5-20,45-46H2,1-3H3. The van der Waals surface area contributed by atoms with Crippen LogP contribution in [0.3, 0.4) is 0 Å². The van der Waals surface area contributed by atoms with E-state index in [1.54, 1.807) is 13.0 Å². The molecule has 21 unspecified atom stereocenters. The number of hydrogen-bond acceptors (Lipinski definition) is 13. The first-order valence-electron chi connectivity index (χ1n) is 22.6. The van der Waals surface area contributed by atoms with E-state index in [1.807, 2.05) is 6.92 Å². The number of carbonyl (C=O) groups excluding carboxylic acids is 2. The van der Waals surface area contributed by atoms with Crippen molar-refractivity contribution in [2.45, 2.75) is 152 Å². The van der Waals surface area contributed by atoms with Crippen molar-refractivity contribution in [1.29, 1.82) is 0 Å². The maximum Gasteiger partial charge on any atom is 0.333 e. The maximum absolute atomic E-state index is 14.3. The van der Waals surface area contributed by atoms with Gasteiger partial charge in [0.15, 0.2) is 0 Å². The van der Waals surface area contributed by atoms with Gasteiger partial charge >= 0.3 is 5.97 Å². The molecule has 0 aromatic carbocycles. The number of allylic oxidation sites excluding steroid dienone is 1. The number of Topliss-reactive ketones (excluding diaryl/α,β-unsaturated/α-hetero) is 1. The Balaban J connectivity index is 1.34. The van der Waals surface area contributed by atoms with Gasteiger partial charge in [0.1, 0.15) is 17.5 Å². The quantitative estimate of drug-likeness (QED) is 0.143. The fraction of sp³-hybridized carbons (Fsp3) is 0.909. The number of rotatable bonds is 6. The minimum Gasteiger partial charge on any atom is -0.456 e. The lowest BCUT2D eigenvalue weighted by Gasteiger charge is -2.63. The number of ether oxygens (including phenoxy) is 3. The van der Waals surface area contributed by atoms with Crippen LogP contribution in [0.2, 0.25) is 0 Å². The number of aliphatic hydroxyl groups is 4. The highest BCUT2D eigenvalue weighted by atomic mass is 16.6. The van der Waals surface area contributed by atoms with Crippen LogP contribution in [0, 0.1) is 71.0 Å². The van der Waals surface area contributed by atoms with Crippen LogP contribution in [0.1, 0.15) is 97.8 Å². The van der Waals surface area contributed by atoms with Crippen LogP contribution in [0.4, 0.5) is 0 Å². The summed E-state index contributed by atoms with van der Waals surface area (Å²) in [6.45, 7) is 6.80. The summed E-state index contributed by atoms with van der Waals surface area (Å²) < 4.78 is 21.2. The Morgan fingerprint density at radius 3 is 2.40 bits per heavy atom. The number of piperidine rings is 2. The van der Waals surface area contributed by atoms with Crippen molar-refractivity contribution in [2.75, 3.05) is 26.3 Å². The second-order valence-corrected chi connectivity index (χ2v) is 20.0. The van der Waals surface area contributed by atoms with E-state index < -0.39 is 65.9 Å². The lowest BCUT2D eigenvalue weighted by molar-refractivity contribution is -0.311. The summed E-state index contributed by atoms with van der Waals surface area (Å²) in [6, 6.07) is 0. The lowest BCUT2D eigenvalue weighted by atomic mass is 9.50. The molecule has 10 N–H and O–H groups in total. The van der Waals surface area contributed by atoms with E-state index in [2.05, 4.69) is 17.6 Å². The van der Waals surface area contributed by atoms with Crippen LogP contribution in [-0.2, 0) is 23.8 Å². The molecule has 8 fully saturated rings. The molecule has 3 aliphatic carbocycles. The smallest absolute Gasteiger partial charge is 0.333 e. The highest BCUT2D eigenvalue weighted by Crippen LogP contribution is 2.61. The van der Waals surface area contributed by atoms with Gasteiger partial charge in [0.25, 0.3) is 0 Å². The van der Waals surface area contributed by atoms with Gasteiger partial charge in [0.2, 0.25) is 0 Å². The molecule has 0 aromatic heterocycles. The molecule has 4 bridgehead atoms. The summed E-state index contributed by atoms with van der Waals surface area (Å²) in [6.07, 6.45) is 5.89. The van der Waals surface area contributed by atoms with Gasteiger partial charge in [-0.15, -0.1) is 0 Å². The molecule has 13 heteroatoms. The van der Waals surface area contributed by atoms with E-state index in [1.165, 1.54) is 0 Å². The molecule has 5 saturated heterocycles. The molecule has 5 heterocycles. The summed E-state index contributed by atoms with van der Waals surface area (Å²) in [4.78, 5) is 28.1. The Morgan fingerprint density at radius 2 is 1.68 bits per heavy atom. The Hall–Kier alpha value is -1.52. The summed E-state index contributed by atoms with van der Waals surface area (Å²) in [5, 5.41) is 53.2. The van der Waals surface area contributed by atoms with E-state index in [9.17, 15) is 30.0 Å². The molecular weight excluding hydrogens is 729 g/mol. The van der Waals surface area contributed by atoms with Gasteiger partial charge < -0.3 is 56.7 Å². The fourth-order valence-electron chi connectivity index (χ4n) is 14.3. The number of ketones is 1. The zero-order valence-corrected chi connectivity index (χ0v) is 34.4. The van der Waals surface area contributed by atoms with E-state index in [4.69, 9.17) is 25.7 Å². The van der Waals surface area contributed by atoms with Crippen LogP contribution in [0.15, 0.2) is 11.6 Å². The van der Waals surface area contributed by atoms with Crippen LogP contribution < -0.4 is 22.1 Å². The van der Waals surface area contributed by atoms with Gasteiger partial charge in [-0.25, -0.2) is 4.79 Å².